The average Bonchev–Trinajstić information content (AvgIpc) is 3.09. The summed E-state index contributed by atoms with van der Waals surface area (Å²) in [7, 11) is 1.63. The van der Waals surface area contributed by atoms with Crippen LogP contribution >= 0.6 is 0 Å². The number of ether oxygens (including phenoxy) is 1. The SMILES string of the molecule is COCc1nn(-c2ncc(C(=O)NC3CCC(O)CC3)cn2)c2ccccc12. The molecule has 0 radical (unpaired) electrons. The number of carbonyl (C=O) groups is 1. The Morgan fingerprint density at radius 1 is 1.21 bits per heavy atom. The summed E-state index contributed by atoms with van der Waals surface area (Å²) in [5, 5.41) is 18.1. The lowest BCUT2D eigenvalue weighted by Gasteiger charge is -2.26. The molecule has 2 N–H and O–H groups in total. The molecular weight excluding hydrogens is 358 g/mol. The number of benzene rings is 1. The predicted molar refractivity (Wildman–Crippen MR) is 103 cm³/mol. The van der Waals surface area contributed by atoms with Gasteiger partial charge in [0, 0.05) is 30.9 Å². The van der Waals surface area contributed by atoms with Gasteiger partial charge in [-0.3, -0.25) is 4.79 Å². The number of fused-ring (bicyclic) bond motifs is 1. The first-order chi connectivity index (χ1) is 13.7. The van der Waals surface area contributed by atoms with Gasteiger partial charge < -0.3 is 15.2 Å². The summed E-state index contributed by atoms with van der Waals surface area (Å²) in [6.07, 6.45) is 5.79. The van der Waals surface area contributed by atoms with E-state index in [1.807, 2.05) is 24.3 Å². The minimum Gasteiger partial charge on any atom is -0.393 e. The van der Waals surface area contributed by atoms with Crippen molar-refractivity contribution in [2.24, 2.45) is 0 Å². The molecule has 1 amide bonds. The van der Waals surface area contributed by atoms with E-state index >= 15 is 0 Å². The Bertz CT molecular complexity index is 962. The Labute approximate surface area is 162 Å². The third-order valence-electron chi connectivity index (χ3n) is 5.07. The molecule has 8 heteroatoms. The van der Waals surface area contributed by atoms with Crippen molar-refractivity contribution in [1.82, 2.24) is 25.1 Å². The highest BCUT2D eigenvalue weighted by molar-refractivity contribution is 5.93. The van der Waals surface area contributed by atoms with Crippen LogP contribution in [0.3, 0.4) is 0 Å². The fraction of sp³-hybridized carbons (Fsp3) is 0.400. The van der Waals surface area contributed by atoms with Gasteiger partial charge in [-0.05, 0) is 31.7 Å². The van der Waals surface area contributed by atoms with Gasteiger partial charge in [0.05, 0.1) is 29.5 Å². The molecule has 1 aromatic carbocycles. The maximum absolute atomic E-state index is 12.5. The predicted octanol–water partition coefficient (Wildman–Crippen LogP) is 2.00. The number of aromatic nitrogens is 4. The topological polar surface area (TPSA) is 102 Å². The largest absolute Gasteiger partial charge is 0.393 e. The van der Waals surface area contributed by atoms with Crippen LogP contribution in [0.2, 0.25) is 0 Å². The standard InChI is InChI=1S/C20H23N5O3/c1-28-12-17-16-4-2-3-5-18(16)25(24-17)20-21-10-13(11-22-20)19(27)23-14-6-8-15(26)9-7-14/h2-5,10-11,14-15,26H,6-9,12H2,1H3,(H,23,27). The van der Waals surface area contributed by atoms with Crippen LogP contribution in [0, 0.1) is 0 Å². The number of hydrogen-bond donors (Lipinski definition) is 2. The number of nitrogens with zero attached hydrogens (tertiary/aromatic N) is 4. The first-order valence-electron chi connectivity index (χ1n) is 9.42. The number of para-hydroxylation sites is 1. The Kier molecular flexibility index (Phi) is 5.31. The Morgan fingerprint density at radius 2 is 1.93 bits per heavy atom. The number of rotatable bonds is 5. The van der Waals surface area contributed by atoms with E-state index in [9.17, 15) is 9.90 Å². The van der Waals surface area contributed by atoms with Gasteiger partial charge in [0.25, 0.3) is 11.9 Å². The fourth-order valence-corrected chi connectivity index (χ4v) is 3.56. The zero-order chi connectivity index (χ0) is 19.5. The van der Waals surface area contributed by atoms with Gasteiger partial charge in [-0.25, -0.2) is 9.97 Å². The van der Waals surface area contributed by atoms with Crippen molar-refractivity contribution >= 4 is 16.8 Å². The Morgan fingerprint density at radius 3 is 2.64 bits per heavy atom. The molecule has 1 saturated carbocycles. The molecule has 0 bridgehead atoms. The van der Waals surface area contributed by atoms with Crippen molar-refractivity contribution in [3.63, 3.8) is 0 Å². The molecular formula is C20H23N5O3. The summed E-state index contributed by atoms with van der Waals surface area (Å²) in [4.78, 5) is 21.1. The normalized spacial score (nSPS) is 19.6. The summed E-state index contributed by atoms with van der Waals surface area (Å²) in [5.41, 5.74) is 2.10. The summed E-state index contributed by atoms with van der Waals surface area (Å²) < 4.78 is 6.89. The number of hydrogen-bond acceptors (Lipinski definition) is 6. The highest BCUT2D eigenvalue weighted by atomic mass is 16.5. The molecule has 8 nitrogen and oxygen atoms in total. The summed E-state index contributed by atoms with van der Waals surface area (Å²) >= 11 is 0. The van der Waals surface area contributed by atoms with Gasteiger partial charge >= 0.3 is 0 Å². The van der Waals surface area contributed by atoms with E-state index in [1.54, 1.807) is 11.8 Å². The molecule has 28 heavy (non-hydrogen) atoms. The average molecular weight is 381 g/mol. The van der Waals surface area contributed by atoms with Crippen molar-refractivity contribution in [3.05, 3.63) is 47.9 Å². The fourth-order valence-electron chi connectivity index (χ4n) is 3.56. The quantitative estimate of drug-likeness (QED) is 0.701. The lowest BCUT2D eigenvalue weighted by molar-refractivity contribution is 0.0867. The van der Waals surface area contributed by atoms with E-state index in [2.05, 4.69) is 20.4 Å². The molecule has 0 aliphatic heterocycles. The third-order valence-corrected chi connectivity index (χ3v) is 5.07. The van der Waals surface area contributed by atoms with E-state index < -0.39 is 0 Å². The molecule has 0 atom stereocenters. The van der Waals surface area contributed by atoms with Crippen LogP contribution in [-0.4, -0.2) is 50.0 Å². The summed E-state index contributed by atoms with van der Waals surface area (Å²) in [6.45, 7) is 0.393. The first-order valence-corrected chi connectivity index (χ1v) is 9.42. The molecule has 1 aliphatic carbocycles. The van der Waals surface area contributed by atoms with Crippen LogP contribution in [-0.2, 0) is 11.3 Å². The monoisotopic (exact) mass is 381 g/mol. The van der Waals surface area contributed by atoms with Crippen LogP contribution in [0.4, 0.5) is 0 Å². The number of aliphatic hydroxyl groups is 1. The molecule has 0 spiro atoms. The second kappa shape index (κ2) is 8.04. The highest BCUT2D eigenvalue weighted by Crippen LogP contribution is 2.21. The van der Waals surface area contributed by atoms with Crippen molar-refractivity contribution < 1.29 is 14.6 Å². The molecule has 3 aromatic rings. The zero-order valence-corrected chi connectivity index (χ0v) is 15.7. The smallest absolute Gasteiger partial charge is 0.254 e. The lowest BCUT2D eigenvalue weighted by Crippen LogP contribution is -2.38. The molecule has 1 aliphatic rings. The van der Waals surface area contributed by atoms with Crippen LogP contribution in [0.5, 0.6) is 0 Å². The van der Waals surface area contributed by atoms with Gasteiger partial charge in [-0.2, -0.15) is 9.78 Å². The van der Waals surface area contributed by atoms with Crippen LogP contribution in [0.25, 0.3) is 16.9 Å². The first kappa shape index (κ1) is 18.5. The minimum atomic E-state index is -0.248. The third kappa shape index (κ3) is 3.74. The number of amides is 1. The molecule has 2 heterocycles. The Hall–Kier alpha value is -2.84. The number of aliphatic hydroxyl groups excluding tert-OH is 1. The number of carbonyl (C=O) groups excluding carboxylic acids is 1. The van der Waals surface area contributed by atoms with Gasteiger partial charge in [0.2, 0.25) is 0 Å². The second-order valence-electron chi connectivity index (χ2n) is 7.06. The lowest BCUT2D eigenvalue weighted by atomic mass is 9.93. The van der Waals surface area contributed by atoms with Gasteiger partial charge in [-0.1, -0.05) is 18.2 Å². The van der Waals surface area contributed by atoms with Crippen molar-refractivity contribution in [2.45, 2.75) is 44.4 Å². The molecule has 0 unspecified atom stereocenters. The van der Waals surface area contributed by atoms with E-state index in [0.717, 1.165) is 42.3 Å². The highest BCUT2D eigenvalue weighted by Gasteiger charge is 2.21. The molecule has 2 aromatic heterocycles. The van der Waals surface area contributed by atoms with E-state index in [0.29, 0.717) is 18.1 Å². The van der Waals surface area contributed by atoms with Gasteiger partial charge in [0.1, 0.15) is 0 Å². The van der Waals surface area contributed by atoms with E-state index in [4.69, 9.17) is 4.74 Å². The van der Waals surface area contributed by atoms with Gasteiger partial charge in [0.15, 0.2) is 0 Å². The van der Waals surface area contributed by atoms with Crippen molar-refractivity contribution in [3.8, 4) is 5.95 Å². The number of methoxy groups -OCH3 is 1. The van der Waals surface area contributed by atoms with Crippen LogP contribution < -0.4 is 5.32 Å². The van der Waals surface area contributed by atoms with E-state index in [-0.39, 0.29) is 18.1 Å². The van der Waals surface area contributed by atoms with Crippen molar-refractivity contribution in [1.29, 1.82) is 0 Å². The molecule has 0 saturated heterocycles. The maximum atomic E-state index is 12.5. The summed E-state index contributed by atoms with van der Waals surface area (Å²) in [6, 6.07) is 7.90. The zero-order valence-electron chi connectivity index (χ0n) is 15.7. The molecule has 1 fully saturated rings. The minimum absolute atomic E-state index is 0.0854. The molecule has 146 valence electrons. The summed E-state index contributed by atoms with van der Waals surface area (Å²) in [5.74, 6) is 0.203. The van der Waals surface area contributed by atoms with E-state index in [1.165, 1.54) is 12.4 Å². The van der Waals surface area contributed by atoms with Crippen molar-refractivity contribution in [2.75, 3.05) is 7.11 Å². The number of nitrogens with one attached hydrogen (secondary N) is 1. The second-order valence-corrected chi connectivity index (χ2v) is 7.06. The van der Waals surface area contributed by atoms with Crippen LogP contribution in [0.1, 0.15) is 41.7 Å². The maximum Gasteiger partial charge on any atom is 0.254 e. The van der Waals surface area contributed by atoms with Crippen LogP contribution in [0.15, 0.2) is 36.7 Å². The Balaban J connectivity index is 1.53. The molecule has 4 rings (SSSR count). The van der Waals surface area contributed by atoms with Gasteiger partial charge in [-0.15, -0.1) is 0 Å².